The molecule has 2 heterocycles. The van der Waals surface area contributed by atoms with Gasteiger partial charge in [-0.3, -0.25) is 4.21 Å². The van der Waals surface area contributed by atoms with Gasteiger partial charge < -0.3 is 4.42 Å². The van der Waals surface area contributed by atoms with Crippen LogP contribution in [0.2, 0.25) is 0 Å². The van der Waals surface area contributed by atoms with Crippen molar-refractivity contribution >= 4 is 10.8 Å². The van der Waals surface area contributed by atoms with Crippen LogP contribution < -0.4 is 0 Å². The Bertz CT molecular complexity index is 886. The van der Waals surface area contributed by atoms with Crippen LogP contribution in [0.1, 0.15) is 28.7 Å². The molecule has 3 rings (SSSR count). The monoisotopic (exact) mass is 349 g/mol. The lowest BCUT2D eigenvalue weighted by Gasteiger charge is -2.06. The maximum Gasteiger partial charge on any atom is 0.207 e. The van der Waals surface area contributed by atoms with E-state index in [2.05, 4.69) is 20.5 Å². The van der Waals surface area contributed by atoms with Crippen molar-refractivity contribution in [1.82, 2.24) is 25.2 Å². The lowest BCUT2D eigenvalue weighted by Crippen LogP contribution is -2.09. The highest BCUT2D eigenvalue weighted by molar-refractivity contribution is 7.83. The van der Waals surface area contributed by atoms with E-state index in [-0.39, 0.29) is 17.2 Å². The molecule has 0 spiro atoms. The highest BCUT2D eigenvalue weighted by Crippen LogP contribution is 2.17. The zero-order valence-corrected chi connectivity index (χ0v) is 14.3. The summed E-state index contributed by atoms with van der Waals surface area (Å²) in [6.45, 7) is 5.47. The van der Waals surface area contributed by atoms with E-state index in [1.54, 1.807) is 19.1 Å². The minimum absolute atomic E-state index is 0.0703. The third-order valence-electron chi connectivity index (χ3n) is 3.51. The number of halogens is 1. The third-order valence-corrected chi connectivity index (χ3v) is 4.66. The second-order valence-corrected chi connectivity index (χ2v) is 6.90. The fraction of sp³-hybridized carbons (Fsp3) is 0.333. The summed E-state index contributed by atoms with van der Waals surface area (Å²) in [6.07, 6.45) is 0. The highest BCUT2D eigenvalue weighted by Gasteiger charge is 2.17. The number of oxazole rings is 1. The first-order valence-electron chi connectivity index (χ1n) is 7.25. The van der Waals surface area contributed by atoms with Crippen LogP contribution in [0.15, 0.2) is 22.6 Å². The Kier molecular flexibility index (Phi) is 4.52. The molecule has 0 saturated heterocycles. The summed E-state index contributed by atoms with van der Waals surface area (Å²) in [7, 11) is -1.33. The first-order valence-corrected chi connectivity index (χ1v) is 8.74. The number of nitrogens with zero attached hydrogens (tertiary/aromatic N) is 5. The van der Waals surface area contributed by atoms with Crippen LogP contribution >= 0.6 is 0 Å². The van der Waals surface area contributed by atoms with E-state index in [9.17, 15) is 8.60 Å². The van der Waals surface area contributed by atoms with E-state index in [1.165, 1.54) is 10.7 Å². The van der Waals surface area contributed by atoms with Crippen LogP contribution in [0, 0.1) is 26.6 Å². The maximum absolute atomic E-state index is 14.0. The Morgan fingerprint density at radius 2 is 2.04 bits per heavy atom. The van der Waals surface area contributed by atoms with E-state index in [4.69, 9.17) is 4.42 Å². The molecule has 3 aromatic rings. The molecule has 1 aromatic carbocycles. The fourth-order valence-electron chi connectivity index (χ4n) is 2.20. The molecule has 2 aromatic heterocycles. The van der Waals surface area contributed by atoms with E-state index in [1.807, 2.05) is 13.8 Å². The smallest absolute Gasteiger partial charge is 0.207 e. The summed E-state index contributed by atoms with van der Waals surface area (Å²) in [5.74, 6) is 1.20. The van der Waals surface area contributed by atoms with E-state index in [0.29, 0.717) is 17.5 Å². The van der Waals surface area contributed by atoms with Crippen molar-refractivity contribution in [1.29, 1.82) is 0 Å². The summed E-state index contributed by atoms with van der Waals surface area (Å²) in [5, 5.41) is 11.2. The lowest BCUT2D eigenvalue weighted by molar-refractivity contribution is 0.487. The van der Waals surface area contributed by atoms with Crippen molar-refractivity contribution < 1.29 is 13.0 Å². The zero-order chi connectivity index (χ0) is 17.3. The van der Waals surface area contributed by atoms with Gasteiger partial charge in [0.15, 0.2) is 5.82 Å². The van der Waals surface area contributed by atoms with Crippen molar-refractivity contribution in [2.45, 2.75) is 32.3 Å². The van der Waals surface area contributed by atoms with Gasteiger partial charge >= 0.3 is 0 Å². The number of hydrogen-bond acceptors (Lipinski definition) is 6. The molecule has 24 heavy (non-hydrogen) atoms. The number of rotatable bonds is 5. The molecule has 0 N–H and O–H groups in total. The Morgan fingerprint density at radius 3 is 2.75 bits per heavy atom. The van der Waals surface area contributed by atoms with Crippen molar-refractivity contribution in [2.24, 2.45) is 0 Å². The Balaban J connectivity index is 1.80. The average Bonchev–Trinajstić information content (AvgIpc) is 3.08. The SMILES string of the molecule is Cc1ccc(F)c(-n2nnnc2C[S@@](=O)Cc2nc(C)c(C)o2)c1. The molecule has 0 aliphatic heterocycles. The van der Waals surface area contributed by atoms with Crippen LogP contribution in [0.25, 0.3) is 5.69 Å². The highest BCUT2D eigenvalue weighted by atomic mass is 32.2. The minimum atomic E-state index is -1.33. The van der Waals surface area contributed by atoms with E-state index < -0.39 is 16.6 Å². The average molecular weight is 349 g/mol. The lowest BCUT2D eigenvalue weighted by atomic mass is 10.2. The molecule has 0 fully saturated rings. The summed E-state index contributed by atoms with van der Waals surface area (Å²) in [4.78, 5) is 4.21. The van der Waals surface area contributed by atoms with Gasteiger partial charge in [0.05, 0.1) is 11.4 Å². The molecule has 7 nitrogen and oxygen atoms in total. The third kappa shape index (κ3) is 3.40. The Hall–Kier alpha value is -2.42. The van der Waals surface area contributed by atoms with Crippen LogP contribution in [0.4, 0.5) is 4.39 Å². The standard InChI is InChI=1S/C15H16FN5O2S/c1-9-4-5-12(16)13(6-9)21-14(18-19-20-21)7-24(22)8-15-17-10(2)11(3)23-15/h4-6H,7-8H2,1-3H3/t24-/m1/s1. The first kappa shape index (κ1) is 16.4. The maximum atomic E-state index is 14.0. The van der Waals surface area contributed by atoms with Crippen LogP contribution in [-0.4, -0.2) is 29.4 Å². The number of benzene rings is 1. The molecule has 0 bridgehead atoms. The molecule has 0 saturated carbocycles. The molecule has 0 aliphatic carbocycles. The summed E-state index contributed by atoms with van der Waals surface area (Å²) >= 11 is 0. The predicted octanol–water partition coefficient (Wildman–Crippen LogP) is 2.16. The van der Waals surface area contributed by atoms with Crippen molar-refractivity contribution in [3.63, 3.8) is 0 Å². The Labute approximate surface area is 140 Å². The van der Waals surface area contributed by atoms with Gasteiger partial charge in [0.1, 0.15) is 23.0 Å². The van der Waals surface area contributed by atoms with Gasteiger partial charge in [-0.05, 0) is 48.9 Å². The van der Waals surface area contributed by atoms with Gasteiger partial charge in [-0.1, -0.05) is 6.07 Å². The number of aryl methyl sites for hydroxylation is 3. The van der Waals surface area contributed by atoms with Gasteiger partial charge in [-0.2, -0.15) is 4.68 Å². The first-order chi connectivity index (χ1) is 11.4. The van der Waals surface area contributed by atoms with Crippen LogP contribution in [-0.2, 0) is 22.3 Å². The minimum Gasteiger partial charge on any atom is -0.445 e. The van der Waals surface area contributed by atoms with Crippen molar-refractivity contribution in [3.05, 3.63) is 52.7 Å². The molecule has 9 heteroatoms. The number of tetrazole rings is 1. The number of hydrogen-bond donors (Lipinski definition) is 0. The predicted molar refractivity (Wildman–Crippen MR) is 85.4 cm³/mol. The topological polar surface area (TPSA) is 86.7 Å². The van der Waals surface area contributed by atoms with Gasteiger partial charge in [-0.15, -0.1) is 5.10 Å². The Morgan fingerprint density at radius 1 is 1.25 bits per heavy atom. The van der Waals surface area contributed by atoms with Crippen LogP contribution in [0.5, 0.6) is 0 Å². The normalized spacial score (nSPS) is 12.5. The van der Waals surface area contributed by atoms with Crippen molar-refractivity contribution in [3.8, 4) is 5.69 Å². The zero-order valence-electron chi connectivity index (χ0n) is 13.5. The van der Waals surface area contributed by atoms with Crippen LogP contribution in [0.3, 0.4) is 0 Å². The molecule has 0 aliphatic rings. The second kappa shape index (κ2) is 6.60. The van der Waals surface area contributed by atoms with Gasteiger partial charge in [-0.25, -0.2) is 9.37 Å². The van der Waals surface area contributed by atoms with Crippen molar-refractivity contribution in [2.75, 3.05) is 0 Å². The second-order valence-electron chi connectivity index (χ2n) is 5.44. The van der Waals surface area contributed by atoms with E-state index >= 15 is 0 Å². The summed E-state index contributed by atoms with van der Waals surface area (Å²) in [5.41, 5.74) is 1.88. The van der Waals surface area contributed by atoms with Gasteiger partial charge in [0, 0.05) is 10.8 Å². The molecule has 1 atom stereocenters. The van der Waals surface area contributed by atoms with Gasteiger partial charge in [0.2, 0.25) is 5.89 Å². The summed E-state index contributed by atoms with van der Waals surface area (Å²) in [6, 6.07) is 4.65. The molecular weight excluding hydrogens is 333 g/mol. The molecule has 126 valence electrons. The molecular formula is C15H16FN5O2S. The fourth-order valence-corrected chi connectivity index (χ4v) is 3.17. The molecule has 0 radical (unpaired) electrons. The van der Waals surface area contributed by atoms with E-state index in [0.717, 1.165) is 11.3 Å². The number of aromatic nitrogens is 5. The van der Waals surface area contributed by atoms with Gasteiger partial charge in [0.25, 0.3) is 0 Å². The molecule has 0 amide bonds. The summed E-state index contributed by atoms with van der Waals surface area (Å²) < 4.78 is 33.1. The molecule has 0 unspecified atom stereocenters. The largest absolute Gasteiger partial charge is 0.445 e. The quantitative estimate of drug-likeness (QED) is 0.701.